The highest BCUT2D eigenvalue weighted by Crippen LogP contribution is 2.21. The fourth-order valence-electron chi connectivity index (χ4n) is 1.26. The van der Waals surface area contributed by atoms with E-state index in [1.165, 1.54) is 0 Å². The summed E-state index contributed by atoms with van der Waals surface area (Å²) in [5.41, 5.74) is 2.37. The Kier molecular flexibility index (Phi) is 3.03. The molecule has 0 saturated heterocycles. The molecule has 0 aromatic carbocycles. The van der Waals surface area contributed by atoms with Crippen LogP contribution in [0.4, 0.5) is 5.69 Å². The molecule has 0 aliphatic carbocycles. The second kappa shape index (κ2) is 4.05. The normalized spacial score (nSPS) is 12.3. The van der Waals surface area contributed by atoms with Crippen LogP contribution in [0.2, 0.25) is 0 Å². The Balaban J connectivity index is 0.000000845. The maximum atomic E-state index is 10.6. The molecule has 2 heterocycles. The largest absolute Gasteiger partial charge is 0.381 e. The highest BCUT2D eigenvalue weighted by Gasteiger charge is 2.07. The molecule has 2 rings (SSSR count). The van der Waals surface area contributed by atoms with Crippen LogP contribution in [-0.2, 0) is 0 Å². The van der Waals surface area contributed by atoms with Crippen LogP contribution in [-0.4, -0.2) is 17.8 Å². The first-order chi connectivity index (χ1) is 5.92. The molecule has 0 spiro atoms. The zero-order chi connectivity index (χ0) is 8.39. The van der Waals surface area contributed by atoms with E-state index in [0.29, 0.717) is 5.69 Å². The van der Waals surface area contributed by atoms with E-state index in [1.54, 1.807) is 6.20 Å². The number of aromatic nitrogens is 1. The average Bonchev–Trinajstić information content (AvgIpc) is 2.17. The third-order valence-corrected chi connectivity index (χ3v) is 1.83. The molecule has 13 heavy (non-hydrogen) atoms. The number of hydrogen-bond donors (Lipinski definition) is 1. The molecule has 0 fully saturated rings. The Bertz CT molecular complexity index is 349. The van der Waals surface area contributed by atoms with E-state index in [2.05, 4.69) is 10.3 Å². The first kappa shape index (κ1) is 9.74. The SMILES string of the molecule is Cl.O=Cc1nccc2c1C=CCN2. The van der Waals surface area contributed by atoms with E-state index in [9.17, 15) is 4.79 Å². The van der Waals surface area contributed by atoms with Crippen molar-refractivity contribution in [1.82, 2.24) is 4.98 Å². The number of halogens is 1. The summed E-state index contributed by atoms with van der Waals surface area (Å²) in [7, 11) is 0. The fourth-order valence-corrected chi connectivity index (χ4v) is 1.26. The second-order valence-electron chi connectivity index (χ2n) is 2.56. The molecule has 0 bridgehead atoms. The molecule has 0 amide bonds. The molecule has 1 aliphatic rings. The summed E-state index contributed by atoms with van der Waals surface area (Å²) in [6.07, 6.45) is 6.30. The van der Waals surface area contributed by atoms with Gasteiger partial charge < -0.3 is 5.32 Å². The Morgan fingerprint density at radius 3 is 3.15 bits per heavy atom. The molecule has 0 unspecified atom stereocenters. The third kappa shape index (κ3) is 1.70. The van der Waals surface area contributed by atoms with Crippen LogP contribution < -0.4 is 5.32 Å². The van der Waals surface area contributed by atoms with Gasteiger partial charge in [0.05, 0.1) is 0 Å². The summed E-state index contributed by atoms with van der Waals surface area (Å²) in [6.45, 7) is 0.815. The van der Waals surface area contributed by atoms with Crippen LogP contribution in [0.3, 0.4) is 0 Å². The second-order valence-corrected chi connectivity index (χ2v) is 2.56. The predicted octanol–water partition coefficient (Wildman–Crippen LogP) is 1.75. The van der Waals surface area contributed by atoms with Crippen molar-refractivity contribution in [2.24, 2.45) is 0 Å². The number of carbonyl (C=O) groups is 1. The van der Waals surface area contributed by atoms with Crippen LogP contribution in [0.15, 0.2) is 18.3 Å². The molecule has 1 N–H and O–H groups in total. The molecule has 3 nitrogen and oxygen atoms in total. The van der Waals surface area contributed by atoms with Gasteiger partial charge in [-0.1, -0.05) is 12.2 Å². The number of pyridine rings is 1. The van der Waals surface area contributed by atoms with Crippen molar-refractivity contribution in [3.05, 3.63) is 29.6 Å². The molecular weight excluding hydrogens is 188 g/mol. The number of hydrogen-bond acceptors (Lipinski definition) is 3. The molecule has 4 heteroatoms. The van der Waals surface area contributed by atoms with Crippen LogP contribution in [0.1, 0.15) is 16.1 Å². The Morgan fingerprint density at radius 1 is 1.54 bits per heavy atom. The topological polar surface area (TPSA) is 42.0 Å². The van der Waals surface area contributed by atoms with Gasteiger partial charge >= 0.3 is 0 Å². The molecule has 68 valence electrons. The van der Waals surface area contributed by atoms with Gasteiger partial charge in [-0.05, 0) is 6.07 Å². The van der Waals surface area contributed by atoms with E-state index in [0.717, 1.165) is 24.1 Å². The van der Waals surface area contributed by atoms with Gasteiger partial charge in [-0.15, -0.1) is 12.4 Å². The number of nitrogens with zero attached hydrogens (tertiary/aromatic N) is 1. The van der Waals surface area contributed by atoms with Crippen molar-refractivity contribution in [3.8, 4) is 0 Å². The van der Waals surface area contributed by atoms with Gasteiger partial charge in [0.2, 0.25) is 0 Å². The standard InChI is InChI=1S/C9H8N2O.ClH/c12-6-9-7-2-1-4-10-8(7)3-5-11-9;/h1-3,5-6,10H,4H2;1H. The highest BCUT2D eigenvalue weighted by molar-refractivity contribution is 5.85. The minimum Gasteiger partial charge on any atom is -0.381 e. The maximum absolute atomic E-state index is 10.6. The van der Waals surface area contributed by atoms with Crippen molar-refractivity contribution in [2.75, 3.05) is 11.9 Å². The van der Waals surface area contributed by atoms with Gasteiger partial charge in [0.25, 0.3) is 0 Å². The Labute approximate surface area is 82.3 Å². The van der Waals surface area contributed by atoms with Crippen molar-refractivity contribution >= 4 is 30.5 Å². The molecular formula is C9H9ClN2O. The average molecular weight is 197 g/mol. The minimum absolute atomic E-state index is 0. The molecule has 0 radical (unpaired) electrons. The zero-order valence-corrected chi connectivity index (χ0v) is 7.67. The number of fused-ring (bicyclic) bond motifs is 1. The van der Waals surface area contributed by atoms with Crippen molar-refractivity contribution in [2.45, 2.75) is 0 Å². The lowest BCUT2D eigenvalue weighted by molar-refractivity contribution is 0.111. The smallest absolute Gasteiger partial charge is 0.169 e. The first-order valence-corrected chi connectivity index (χ1v) is 3.76. The van der Waals surface area contributed by atoms with Crippen molar-refractivity contribution < 1.29 is 4.79 Å². The lowest BCUT2D eigenvalue weighted by Crippen LogP contribution is -2.07. The number of nitrogens with one attached hydrogen (secondary N) is 1. The quantitative estimate of drug-likeness (QED) is 0.696. The lowest BCUT2D eigenvalue weighted by Gasteiger charge is -2.12. The van der Waals surface area contributed by atoms with Gasteiger partial charge in [-0.3, -0.25) is 9.78 Å². The van der Waals surface area contributed by atoms with Crippen LogP contribution in [0, 0.1) is 0 Å². The van der Waals surface area contributed by atoms with Gasteiger partial charge in [-0.2, -0.15) is 0 Å². The first-order valence-electron chi connectivity index (χ1n) is 3.76. The van der Waals surface area contributed by atoms with Crippen LogP contribution >= 0.6 is 12.4 Å². The van der Waals surface area contributed by atoms with Gasteiger partial charge in [0.15, 0.2) is 6.29 Å². The van der Waals surface area contributed by atoms with Gasteiger partial charge in [0.1, 0.15) is 5.69 Å². The third-order valence-electron chi connectivity index (χ3n) is 1.83. The van der Waals surface area contributed by atoms with E-state index in [-0.39, 0.29) is 12.4 Å². The molecule has 1 aromatic rings. The van der Waals surface area contributed by atoms with Crippen molar-refractivity contribution in [1.29, 1.82) is 0 Å². The Morgan fingerprint density at radius 2 is 2.38 bits per heavy atom. The summed E-state index contributed by atoms with van der Waals surface area (Å²) in [5, 5.41) is 3.15. The number of aldehydes is 1. The fraction of sp³-hybridized carbons (Fsp3) is 0.111. The predicted molar refractivity (Wildman–Crippen MR) is 54.4 cm³/mol. The van der Waals surface area contributed by atoms with E-state index in [4.69, 9.17) is 0 Å². The molecule has 0 atom stereocenters. The van der Waals surface area contributed by atoms with Crippen LogP contribution in [0.5, 0.6) is 0 Å². The minimum atomic E-state index is 0. The van der Waals surface area contributed by atoms with Crippen molar-refractivity contribution in [3.63, 3.8) is 0 Å². The highest BCUT2D eigenvalue weighted by atomic mass is 35.5. The van der Waals surface area contributed by atoms with E-state index < -0.39 is 0 Å². The molecule has 1 aliphatic heterocycles. The number of rotatable bonds is 1. The summed E-state index contributed by atoms with van der Waals surface area (Å²) < 4.78 is 0. The summed E-state index contributed by atoms with van der Waals surface area (Å²) in [5.74, 6) is 0. The van der Waals surface area contributed by atoms with Crippen LogP contribution in [0.25, 0.3) is 6.08 Å². The van der Waals surface area contributed by atoms with E-state index >= 15 is 0 Å². The van der Waals surface area contributed by atoms with E-state index in [1.807, 2.05) is 18.2 Å². The number of anilines is 1. The lowest BCUT2D eigenvalue weighted by atomic mass is 10.1. The summed E-state index contributed by atoms with van der Waals surface area (Å²) >= 11 is 0. The zero-order valence-electron chi connectivity index (χ0n) is 6.86. The maximum Gasteiger partial charge on any atom is 0.169 e. The molecule has 0 saturated carbocycles. The van der Waals surface area contributed by atoms with Gasteiger partial charge in [-0.25, -0.2) is 0 Å². The number of carbonyl (C=O) groups excluding carboxylic acids is 1. The van der Waals surface area contributed by atoms with Gasteiger partial charge in [0, 0.05) is 24.0 Å². The Hall–Kier alpha value is -1.35. The summed E-state index contributed by atoms with van der Waals surface area (Å²) in [4.78, 5) is 14.5. The monoisotopic (exact) mass is 196 g/mol. The summed E-state index contributed by atoms with van der Waals surface area (Å²) in [6, 6.07) is 1.87. The molecule has 1 aromatic heterocycles.